The van der Waals surface area contributed by atoms with Crippen LogP contribution in [0, 0.1) is 0 Å². The maximum atomic E-state index is 11.8. The Balaban J connectivity index is 3.60. The highest BCUT2D eigenvalue weighted by Crippen LogP contribution is 2.15. The van der Waals surface area contributed by atoms with Gasteiger partial charge in [0.05, 0.1) is 10.5 Å². The molecule has 0 fully saturated rings. The van der Waals surface area contributed by atoms with Gasteiger partial charge in [0.15, 0.2) is 9.84 Å². The van der Waals surface area contributed by atoms with Gasteiger partial charge in [-0.15, -0.1) is 0 Å². The summed E-state index contributed by atoms with van der Waals surface area (Å²) < 4.78 is 22.9. The van der Waals surface area contributed by atoms with Gasteiger partial charge in [0, 0.05) is 6.54 Å². The van der Waals surface area contributed by atoms with Crippen LogP contribution in [0.4, 0.5) is 0 Å². The Morgan fingerprint density at radius 3 is 2.12 bits per heavy atom. The summed E-state index contributed by atoms with van der Waals surface area (Å²) in [5.74, 6) is 0.226. The molecule has 5 heteroatoms. The molecule has 0 aromatic carbocycles. The Hall–Kier alpha value is -0.130. The average Bonchev–Trinajstić information content (AvgIpc) is 2.13. The minimum Gasteiger partial charge on any atom is -0.316 e. The van der Waals surface area contributed by atoms with E-state index >= 15 is 0 Å². The summed E-state index contributed by atoms with van der Waals surface area (Å²) in [6.45, 7) is 7.79. The second-order valence-electron chi connectivity index (χ2n) is 5.69. The van der Waals surface area contributed by atoms with Gasteiger partial charge in [-0.2, -0.15) is 0 Å². The van der Waals surface area contributed by atoms with Crippen LogP contribution in [0.3, 0.4) is 0 Å². The Morgan fingerprint density at radius 1 is 1.06 bits per heavy atom. The molecule has 0 saturated carbocycles. The molecule has 1 N–H and O–H groups in total. The van der Waals surface area contributed by atoms with Gasteiger partial charge in [-0.25, -0.2) is 8.42 Å². The third-order valence-corrected chi connectivity index (χ3v) is 5.30. The molecule has 0 spiro atoms. The van der Waals surface area contributed by atoms with E-state index in [0.717, 1.165) is 25.9 Å². The minimum absolute atomic E-state index is 0.226. The molecule has 0 bridgehead atoms. The molecule has 0 aliphatic heterocycles. The Morgan fingerprint density at radius 2 is 1.65 bits per heavy atom. The lowest BCUT2D eigenvalue weighted by molar-refractivity contribution is 0.392. The van der Waals surface area contributed by atoms with Crippen molar-refractivity contribution >= 4 is 9.84 Å². The van der Waals surface area contributed by atoms with Crippen molar-refractivity contribution in [1.82, 2.24) is 10.2 Å². The van der Waals surface area contributed by atoms with Crippen molar-refractivity contribution in [3.05, 3.63) is 0 Å². The normalized spacial score (nSPS) is 13.3. The van der Waals surface area contributed by atoms with Crippen molar-refractivity contribution in [2.24, 2.45) is 0 Å². The molecule has 0 unspecified atom stereocenters. The molecular weight excluding hydrogens is 236 g/mol. The second kappa shape index (κ2) is 7.34. The lowest BCUT2D eigenvalue weighted by atomic mass is 10.3. The molecule has 4 nitrogen and oxygen atoms in total. The SMILES string of the molecule is CN(C)CCCCNCCS(=O)(=O)C(C)(C)C. The van der Waals surface area contributed by atoms with Crippen molar-refractivity contribution in [3.63, 3.8) is 0 Å². The topological polar surface area (TPSA) is 49.4 Å². The summed E-state index contributed by atoms with van der Waals surface area (Å²) in [6.07, 6.45) is 2.24. The maximum Gasteiger partial charge on any atom is 0.156 e. The molecule has 0 saturated heterocycles. The largest absolute Gasteiger partial charge is 0.316 e. The standard InChI is InChI=1S/C12H28N2O2S/c1-12(2,3)17(15,16)11-9-13-8-6-7-10-14(4)5/h13H,6-11H2,1-5H3. The van der Waals surface area contributed by atoms with Crippen LogP contribution >= 0.6 is 0 Å². The fourth-order valence-corrected chi connectivity index (χ4v) is 2.34. The van der Waals surface area contributed by atoms with E-state index in [-0.39, 0.29) is 5.75 Å². The first kappa shape index (κ1) is 16.9. The van der Waals surface area contributed by atoms with Crippen LogP contribution in [-0.2, 0) is 9.84 Å². The summed E-state index contributed by atoms with van der Waals surface area (Å²) in [4.78, 5) is 2.16. The first-order valence-corrected chi connectivity index (χ1v) is 7.90. The Bertz CT molecular complexity index is 292. The van der Waals surface area contributed by atoms with E-state index < -0.39 is 14.6 Å². The first-order valence-electron chi connectivity index (χ1n) is 6.24. The van der Waals surface area contributed by atoms with E-state index in [4.69, 9.17) is 0 Å². The van der Waals surface area contributed by atoms with Gasteiger partial charge in [0.25, 0.3) is 0 Å². The molecule has 0 aliphatic rings. The molecule has 0 atom stereocenters. The van der Waals surface area contributed by atoms with E-state index in [1.165, 1.54) is 0 Å². The molecule has 0 aromatic heterocycles. The molecule has 0 radical (unpaired) electrons. The molecular formula is C12H28N2O2S. The zero-order valence-corrected chi connectivity index (χ0v) is 12.7. The average molecular weight is 264 g/mol. The molecule has 0 rings (SSSR count). The molecule has 104 valence electrons. The lowest BCUT2D eigenvalue weighted by Gasteiger charge is -2.19. The van der Waals surface area contributed by atoms with Crippen molar-refractivity contribution in [2.75, 3.05) is 39.5 Å². The number of hydrogen-bond donors (Lipinski definition) is 1. The smallest absolute Gasteiger partial charge is 0.156 e. The van der Waals surface area contributed by atoms with Crippen molar-refractivity contribution < 1.29 is 8.42 Å². The van der Waals surface area contributed by atoms with Crippen LogP contribution in [-0.4, -0.2) is 57.5 Å². The predicted octanol–water partition coefficient (Wildman–Crippen LogP) is 1.13. The predicted molar refractivity (Wildman–Crippen MR) is 74.2 cm³/mol. The van der Waals surface area contributed by atoms with Gasteiger partial charge in [-0.05, 0) is 60.8 Å². The third-order valence-electron chi connectivity index (χ3n) is 2.69. The molecule has 0 aliphatic carbocycles. The molecule has 0 heterocycles. The van der Waals surface area contributed by atoms with Gasteiger partial charge >= 0.3 is 0 Å². The molecule has 17 heavy (non-hydrogen) atoms. The summed E-state index contributed by atoms with van der Waals surface area (Å²) in [7, 11) is 1.14. The third kappa shape index (κ3) is 7.73. The van der Waals surface area contributed by atoms with E-state index in [0.29, 0.717) is 6.54 Å². The van der Waals surface area contributed by atoms with Crippen molar-refractivity contribution in [3.8, 4) is 0 Å². The van der Waals surface area contributed by atoms with E-state index in [1.54, 1.807) is 20.8 Å². The summed E-state index contributed by atoms with van der Waals surface area (Å²) in [5.41, 5.74) is 0. The van der Waals surface area contributed by atoms with Crippen LogP contribution in [0.2, 0.25) is 0 Å². The summed E-state index contributed by atoms with van der Waals surface area (Å²) in [6, 6.07) is 0. The van der Waals surface area contributed by atoms with Crippen LogP contribution in [0.15, 0.2) is 0 Å². The zero-order chi connectivity index (χ0) is 13.5. The highest BCUT2D eigenvalue weighted by atomic mass is 32.2. The van der Waals surface area contributed by atoms with Crippen LogP contribution < -0.4 is 5.32 Å². The van der Waals surface area contributed by atoms with E-state index in [2.05, 4.69) is 24.3 Å². The summed E-state index contributed by atoms with van der Waals surface area (Å²) >= 11 is 0. The minimum atomic E-state index is -2.97. The number of rotatable bonds is 8. The maximum absolute atomic E-state index is 11.8. The van der Waals surface area contributed by atoms with Crippen LogP contribution in [0.25, 0.3) is 0 Å². The van der Waals surface area contributed by atoms with Crippen LogP contribution in [0.1, 0.15) is 33.6 Å². The zero-order valence-electron chi connectivity index (χ0n) is 11.9. The van der Waals surface area contributed by atoms with E-state index in [1.807, 2.05) is 0 Å². The van der Waals surface area contributed by atoms with Gasteiger partial charge in [-0.3, -0.25) is 0 Å². The second-order valence-corrected chi connectivity index (χ2v) is 8.55. The number of unbranched alkanes of at least 4 members (excludes halogenated alkanes) is 1. The van der Waals surface area contributed by atoms with Gasteiger partial charge in [-0.1, -0.05) is 0 Å². The first-order chi connectivity index (χ1) is 7.67. The van der Waals surface area contributed by atoms with Crippen LogP contribution in [0.5, 0.6) is 0 Å². The van der Waals surface area contributed by atoms with E-state index in [9.17, 15) is 8.42 Å². The molecule has 0 aromatic rings. The number of nitrogens with zero attached hydrogens (tertiary/aromatic N) is 1. The lowest BCUT2D eigenvalue weighted by Crippen LogP contribution is -2.35. The van der Waals surface area contributed by atoms with Crippen molar-refractivity contribution in [1.29, 1.82) is 0 Å². The monoisotopic (exact) mass is 264 g/mol. The summed E-state index contributed by atoms with van der Waals surface area (Å²) in [5, 5.41) is 3.19. The fourth-order valence-electron chi connectivity index (χ4n) is 1.32. The number of hydrogen-bond acceptors (Lipinski definition) is 4. The van der Waals surface area contributed by atoms with Gasteiger partial charge in [0.2, 0.25) is 0 Å². The van der Waals surface area contributed by atoms with Gasteiger partial charge < -0.3 is 10.2 Å². The highest BCUT2D eigenvalue weighted by Gasteiger charge is 2.27. The Kier molecular flexibility index (Phi) is 7.28. The highest BCUT2D eigenvalue weighted by molar-refractivity contribution is 7.92. The van der Waals surface area contributed by atoms with Gasteiger partial charge in [0.1, 0.15) is 0 Å². The number of nitrogens with one attached hydrogen (secondary N) is 1. The van der Waals surface area contributed by atoms with Crippen molar-refractivity contribution in [2.45, 2.75) is 38.4 Å². The Labute approximate surface area is 107 Å². The molecule has 0 amide bonds. The number of sulfone groups is 1. The fraction of sp³-hybridized carbons (Fsp3) is 1.00. The quantitative estimate of drug-likeness (QED) is 0.668.